The molecule has 0 aliphatic carbocycles. The monoisotopic (exact) mass is 262 g/mol. The fourth-order valence-corrected chi connectivity index (χ4v) is 1.68. The van der Waals surface area contributed by atoms with Gasteiger partial charge in [0.15, 0.2) is 5.82 Å². The van der Waals surface area contributed by atoms with Crippen LogP contribution in [0.1, 0.15) is 11.4 Å². The maximum Gasteiger partial charge on any atom is 0.282 e. The van der Waals surface area contributed by atoms with Crippen LogP contribution in [0, 0.1) is 17.0 Å². The number of nitro groups is 1. The fraction of sp³-hybridized carbons (Fsp3) is 0.333. The Morgan fingerprint density at radius 1 is 1.47 bits per heavy atom. The normalized spacial score (nSPS) is 10.6. The van der Waals surface area contributed by atoms with Gasteiger partial charge in [-0.2, -0.15) is 4.98 Å². The Kier molecular flexibility index (Phi) is 3.86. The molecular formula is C12H14N4O3. The fourth-order valence-electron chi connectivity index (χ4n) is 1.68. The van der Waals surface area contributed by atoms with E-state index in [0.717, 1.165) is 12.1 Å². The third kappa shape index (κ3) is 2.94. The van der Waals surface area contributed by atoms with E-state index in [1.807, 2.05) is 14.0 Å². The Labute approximate surface area is 109 Å². The number of nitrogens with one attached hydrogen (secondary N) is 1. The highest BCUT2D eigenvalue weighted by Gasteiger charge is 2.20. The maximum absolute atomic E-state index is 11.0. The second kappa shape index (κ2) is 5.57. The third-order valence-corrected chi connectivity index (χ3v) is 2.65. The van der Waals surface area contributed by atoms with E-state index in [1.54, 1.807) is 12.1 Å². The van der Waals surface area contributed by atoms with Crippen LogP contribution in [0.4, 0.5) is 5.69 Å². The first kappa shape index (κ1) is 13.2. The summed E-state index contributed by atoms with van der Waals surface area (Å²) in [5.41, 5.74) is 1.22. The van der Waals surface area contributed by atoms with Gasteiger partial charge in [0, 0.05) is 19.0 Å². The molecule has 0 aliphatic heterocycles. The van der Waals surface area contributed by atoms with Crippen molar-refractivity contribution in [3.63, 3.8) is 0 Å². The van der Waals surface area contributed by atoms with E-state index >= 15 is 0 Å². The molecule has 1 N–H and O–H groups in total. The van der Waals surface area contributed by atoms with Crippen LogP contribution in [0.3, 0.4) is 0 Å². The zero-order valence-corrected chi connectivity index (χ0v) is 10.7. The predicted octanol–water partition coefficient (Wildman–Crippen LogP) is 1.72. The van der Waals surface area contributed by atoms with Gasteiger partial charge in [-0.3, -0.25) is 10.1 Å². The van der Waals surface area contributed by atoms with Crippen LogP contribution < -0.4 is 5.32 Å². The van der Waals surface area contributed by atoms with E-state index in [2.05, 4.69) is 15.5 Å². The van der Waals surface area contributed by atoms with Crippen molar-refractivity contribution >= 4 is 5.69 Å². The Morgan fingerprint density at radius 2 is 2.26 bits per heavy atom. The molecule has 1 aromatic carbocycles. The third-order valence-electron chi connectivity index (χ3n) is 2.65. The molecule has 0 unspecified atom stereocenters. The van der Waals surface area contributed by atoms with E-state index in [4.69, 9.17) is 4.52 Å². The van der Waals surface area contributed by atoms with Crippen molar-refractivity contribution < 1.29 is 9.45 Å². The van der Waals surface area contributed by atoms with Crippen molar-refractivity contribution in [3.05, 3.63) is 39.7 Å². The summed E-state index contributed by atoms with van der Waals surface area (Å²) < 4.78 is 5.10. The number of hydrogen-bond donors (Lipinski definition) is 1. The van der Waals surface area contributed by atoms with Crippen LogP contribution in [0.2, 0.25) is 0 Å². The first-order valence-electron chi connectivity index (χ1n) is 5.84. The van der Waals surface area contributed by atoms with Gasteiger partial charge in [0.2, 0.25) is 0 Å². The molecule has 0 bridgehead atoms. The summed E-state index contributed by atoms with van der Waals surface area (Å²) >= 11 is 0. The van der Waals surface area contributed by atoms with Crippen molar-refractivity contribution in [2.75, 3.05) is 13.6 Å². The van der Waals surface area contributed by atoms with Crippen molar-refractivity contribution in [1.82, 2.24) is 15.5 Å². The summed E-state index contributed by atoms with van der Waals surface area (Å²) in [7, 11) is 1.83. The molecule has 0 saturated carbocycles. The number of benzene rings is 1. The lowest BCUT2D eigenvalue weighted by Gasteiger charge is -1.99. The van der Waals surface area contributed by atoms with Gasteiger partial charge in [-0.05, 0) is 25.6 Å². The number of rotatable bonds is 5. The quantitative estimate of drug-likeness (QED) is 0.651. The molecule has 7 nitrogen and oxygen atoms in total. The van der Waals surface area contributed by atoms with Crippen LogP contribution >= 0.6 is 0 Å². The van der Waals surface area contributed by atoms with Crippen LogP contribution in [-0.2, 0) is 6.42 Å². The van der Waals surface area contributed by atoms with E-state index < -0.39 is 4.92 Å². The number of likely N-dealkylation sites (N-methyl/N-ethyl adjacent to an activating group) is 1. The zero-order chi connectivity index (χ0) is 13.8. The summed E-state index contributed by atoms with van der Waals surface area (Å²) in [6.07, 6.45) is 0.611. The minimum Gasteiger partial charge on any atom is -0.334 e. The largest absolute Gasteiger partial charge is 0.334 e. The standard InChI is InChI=1S/C12H14N4O3/c1-8-3-4-10(16(17)18)9(7-8)12-14-11(15-19-12)5-6-13-2/h3-4,7,13H,5-6H2,1-2H3. The molecule has 19 heavy (non-hydrogen) atoms. The van der Waals surface area contributed by atoms with Gasteiger partial charge in [-0.25, -0.2) is 0 Å². The summed E-state index contributed by atoms with van der Waals surface area (Å²) in [5.74, 6) is 0.710. The maximum atomic E-state index is 11.0. The smallest absolute Gasteiger partial charge is 0.282 e. The van der Waals surface area contributed by atoms with Gasteiger partial charge in [0.05, 0.1) is 4.92 Å². The van der Waals surface area contributed by atoms with E-state index in [0.29, 0.717) is 17.8 Å². The summed E-state index contributed by atoms with van der Waals surface area (Å²) in [6.45, 7) is 2.57. The molecule has 1 aromatic heterocycles. The summed E-state index contributed by atoms with van der Waals surface area (Å²) in [6, 6.07) is 4.80. The second-order valence-corrected chi connectivity index (χ2v) is 4.15. The minimum atomic E-state index is -0.452. The molecule has 0 fully saturated rings. The van der Waals surface area contributed by atoms with Gasteiger partial charge in [0.1, 0.15) is 5.56 Å². The van der Waals surface area contributed by atoms with E-state index in [-0.39, 0.29) is 11.6 Å². The average Bonchev–Trinajstić information content (AvgIpc) is 2.84. The van der Waals surface area contributed by atoms with Crippen molar-refractivity contribution in [2.24, 2.45) is 0 Å². The van der Waals surface area contributed by atoms with Crippen LogP contribution in [-0.4, -0.2) is 28.7 Å². The molecule has 2 rings (SSSR count). The molecule has 0 atom stereocenters. The zero-order valence-electron chi connectivity index (χ0n) is 10.7. The van der Waals surface area contributed by atoms with E-state index in [9.17, 15) is 10.1 Å². The molecule has 0 spiro atoms. The van der Waals surface area contributed by atoms with Crippen LogP contribution in [0.25, 0.3) is 11.5 Å². The van der Waals surface area contributed by atoms with Gasteiger partial charge < -0.3 is 9.84 Å². The lowest BCUT2D eigenvalue weighted by atomic mass is 10.1. The van der Waals surface area contributed by atoms with Gasteiger partial charge in [-0.15, -0.1) is 0 Å². The number of hydrogen-bond acceptors (Lipinski definition) is 6. The first-order valence-corrected chi connectivity index (χ1v) is 5.84. The van der Waals surface area contributed by atoms with Crippen molar-refractivity contribution in [3.8, 4) is 11.5 Å². The molecule has 0 amide bonds. The number of aryl methyl sites for hydroxylation is 1. The Balaban J connectivity index is 2.37. The van der Waals surface area contributed by atoms with Gasteiger partial charge in [0.25, 0.3) is 11.6 Å². The highest BCUT2D eigenvalue weighted by atomic mass is 16.6. The lowest BCUT2D eigenvalue weighted by molar-refractivity contribution is -0.384. The number of nitro benzene ring substituents is 1. The second-order valence-electron chi connectivity index (χ2n) is 4.15. The molecular weight excluding hydrogens is 248 g/mol. The predicted molar refractivity (Wildman–Crippen MR) is 68.8 cm³/mol. The molecule has 2 aromatic rings. The van der Waals surface area contributed by atoms with Crippen LogP contribution in [0.15, 0.2) is 22.7 Å². The Hall–Kier alpha value is -2.28. The topological polar surface area (TPSA) is 94.1 Å². The molecule has 0 radical (unpaired) electrons. The number of aromatic nitrogens is 2. The highest BCUT2D eigenvalue weighted by molar-refractivity contribution is 5.67. The van der Waals surface area contributed by atoms with Crippen molar-refractivity contribution in [2.45, 2.75) is 13.3 Å². The average molecular weight is 262 g/mol. The molecule has 7 heteroatoms. The molecule has 100 valence electrons. The van der Waals surface area contributed by atoms with Gasteiger partial charge in [-0.1, -0.05) is 11.2 Å². The number of nitrogens with zero attached hydrogens (tertiary/aromatic N) is 3. The van der Waals surface area contributed by atoms with Crippen molar-refractivity contribution in [1.29, 1.82) is 0 Å². The minimum absolute atomic E-state index is 0.0329. The summed E-state index contributed by atoms with van der Waals surface area (Å²) in [4.78, 5) is 14.7. The van der Waals surface area contributed by atoms with Crippen LogP contribution in [0.5, 0.6) is 0 Å². The molecule has 1 heterocycles. The Morgan fingerprint density at radius 3 is 2.95 bits per heavy atom. The highest BCUT2D eigenvalue weighted by Crippen LogP contribution is 2.29. The molecule has 0 saturated heterocycles. The Bertz CT molecular complexity index is 594. The van der Waals surface area contributed by atoms with Gasteiger partial charge >= 0.3 is 0 Å². The first-order chi connectivity index (χ1) is 9.11. The SMILES string of the molecule is CNCCc1noc(-c2cc(C)ccc2[N+](=O)[O-])n1. The molecule has 0 aliphatic rings. The summed E-state index contributed by atoms with van der Waals surface area (Å²) in [5, 5.41) is 17.8. The lowest BCUT2D eigenvalue weighted by Crippen LogP contribution is -2.11. The van der Waals surface area contributed by atoms with E-state index in [1.165, 1.54) is 6.07 Å².